The van der Waals surface area contributed by atoms with E-state index >= 15 is 0 Å². The van der Waals surface area contributed by atoms with E-state index in [1.54, 1.807) is 0 Å². The molecule has 1 saturated heterocycles. The highest BCUT2D eigenvalue weighted by Gasteiger charge is 2.25. The molecule has 3 heteroatoms. The molecule has 1 aromatic heterocycles. The average Bonchev–Trinajstić information content (AvgIpc) is 2.84. The SMILES string of the molecule is N#CCCCCN1CCCC1c1cccnc1. The maximum absolute atomic E-state index is 8.52. The lowest BCUT2D eigenvalue weighted by Crippen LogP contribution is -2.24. The Kier molecular flexibility index (Phi) is 4.52. The van der Waals surface area contributed by atoms with Gasteiger partial charge in [-0.15, -0.1) is 0 Å². The molecular formula is C14H19N3. The predicted molar refractivity (Wildman–Crippen MR) is 67.2 cm³/mol. The van der Waals surface area contributed by atoms with Crippen LogP contribution in [-0.2, 0) is 0 Å². The van der Waals surface area contributed by atoms with Gasteiger partial charge in [-0.1, -0.05) is 6.07 Å². The molecule has 0 radical (unpaired) electrons. The number of nitrogens with zero attached hydrogens (tertiary/aromatic N) is 3. The van der Waals surface area contributed by atoms with Crippen LogP contribution in [0.15, 0.2) is 24.5 Å². The number of hydrogen-bond acceptors (Lipinski definition) is 3. The van der Waals surface area contributed by atoms with Gasteiger partial charge in [0.1, 0.15) is 0 Å². The van der Waals surface area contributed by atoms with E-state index in [1.807, 2.05) is 18.5 Å². The maximum Gasteiger partial charge on any atom is 0.0621 e. The van der Waals surface area contributed by atoms with Crippen molar-refractivity contribution < 1.29 is 0 Å². The minimum Gasteiger partial charge on any atom is -0.296 e. The molecule has 1 aromatic rings. The molecule has 17 heavy (non-hydrogen) atoms. The molecule has 1 unspecified atom stereocenters. The lowest BCUT2D eigenvalue weighted by molar-refractivity contribution is 0.252. The van der Waals surface area contributed by atoms with Crippen LogP contribution in [0.1, 0.15) is 43.7 Å². The van der Waals surface area contributed by atoms with E-state index in [0.29, 0.717) is 12.5 Å². The van der Waals surface area contributed by atoms with Crippen LogP contribution >= 0.6 is 0 Å². The van der Waals surface area contributed by atoms with E-state index in [2.05, 4.69) is 22.0 Å². The fourth-order valence-electron chi connectivity index (χ4n) is 2.56. The summed E-state index contributed by atoms with van der Waals surface area (Å²) in [6, 6.07) is 6.94. The van der Waals surface area contributed by atoms with Crippen LogP contribution in [0.2, 0.25) is 0 Å². The Morgan fingerprint density at radius 2 is 2.41 bits per heavy atom. The van der Waals surface area contributed by atoms with Gasteiger partial charge in [-0.2, -0.15) is 5.26 Å². The van der Waals surface area contributed by atoms with Crippen LogP contribution in [0.5, 0.6) is 0 Å². The van der Waals surface area contributed by atoms with Gasteiger partial charge < -0.3 is 0 Å². The zero-order valence-corrected chi connectivity index (χ0v) is 10.2. The first-order valence-electron chi connectivity index (χ1n) is 6.43. The van der Waals surface area contributed by atoms with Gasteiger partial charge in [0.25, 0.3) is 0 Å². The number of likely N-dealkylation sites (tertiary alicyclic amines) is 1. The molecule has 90 valence electrons. The summed E-state index contributed by atoms with van der Waals surface area (Å²) in [5.41, 5.74) is 1.34. The number of pyridine rings is 1. The first-order chi connectivity index (χ1) is 8.42. The van der Waals surface area contributed by atoms with Crippen molar-refractivity contribution >= 4 is 0 Å². The molecular weight excluding hydrogens is 210 g/mol. The predicted octanol–water partition coefficient (Wildman–Crippen LogP) is 2.91. The summed E-state index contributed by atoms with van der Waals surface area (Å²) < 4.78 is 0. The van der Waals surface area contributed by atoms with Crippen LogP contribution in [0.4, 0.5) is 0 Å². The molecule has 1 fully saturated rings. The van der Waals surface area contributed by atoms with E-state index in [0.717, 1.165) is 19.4 Å². The third kappa shape index (κ3) is 3.28. The molecule has 0 bridgehead atoms. The number of aromatic nitrogens is 1. The van der Waals surface area contributed by atoms with Crippen molar-refractivity contribution in [1.29, 1.82) is 5.26 Å². The molecule has 1 atom stereocenters. The number of hydrogen-bond donors (Lipinski definition) is 0. The highest BCUT2D eigenvalue weighted by molar-refractivity contribution is 5.15. The van der Waals surface area contributed by atoms with Gasteiger partial charge >= 0.3 is 0 Å². The summed E-state index contributed by atoms with van der Waals surface area (Å²) in [6.45, 7) is 2.30. The molecule has 0 N–H and O–H groups in total. The van der Waals surface area contributed by atoms with Crippen LogP contribution in [0.25, 0.3) is 0 Å². The highest BCUT2D eigenvalue weighted by Crippen LogP contribution is 2.31. The van der Waals surface area contributed by atoms with Crippen LogP contribution < -0.4 is 0 Å². The third-order valence-corrected chi connectivity index (χ3v) is 3.42. The van der Waals surface area contributed by atoms with Crippen LogP contribution in [0.3, 0.4) is 0 Å². The molecule has 2 rings (SSSR count). The lowest BCUT2D eigenvalue weighted by atomic mass is 10.1. The molecule has 0 saturated carbocycles. The first-order valence-corrected chi connectivity index (χ1v) is 6.43. The Labute approximate surface area is 103 Å². The van der Waals surface area contributed by atoms with Crippen molar-refractivity contribution in [2.45, 2.75) is 38.1 Å². The van der Waals surface area contributed by atoms with Crippen molar-refractivity contribution in [3.8, 4) is 6.07 Å². The molecule has 0 spiro atoms. The molecule has 0 aromatic carbocycles. The zero-order valence-electron chi connectivity index (χ0n) is 10.2. The van der Waals surface area contributed by atoms with E-state index in [-0.39, 0.29) is 0 Å². The third-order valence-electron chi connectivity index (χ3n) is 3.42. The minimum atomic E-state index is 0.547. The Morgan fingerprint density at radius 3 is 3.18 bits per heavy atom. The van der Waals surface area contributed by atoms with Gasteiger partial charge in [0.2, 0.25) is 0 Å². The van der Waals surface area contributed by atoms with Crippen molar-refractivity contribution in [3.63, 3.8) is 0 Å². The molecule has 0 amide bonds. The van der Waals surface area contributed by atoms with Gasteiger partial charge in [-0.3, -0.25) is 9.88 Å². The summed E-state index contributed by atoms with van der Waals surface area (Å²) in [5.74, 6) is 0. The Bertz CT molecular complexity index is 369. The van der Waals surface area contributed by atoms with Crippen LogP contribution in [0, 0.1) is 11.3 Å². The van der Waals surface area contributed by atoms with E-state index in [1.165, 1.54) is 24.9 Å². The summed E-state index contributed by atoms with van der Waals surface area (Å²) in [7, 11) is 0. The average molecular weight is 229 g/mol. The number of nitriles is 1. The molecule has 2 heterocycles. The topological polar surface area (TPSA) is 39.9 Å². The van der Waals surface area contributed by atoms with E-state index < -0.39 is 0 Å². The highest BCUT2D eigenvalue weighted by atomic mass is 15.2. The lowest BCUT2D eigenvalue weighted by Gasteiger charge is -2.24. The van der Waals surface area contributed by atoms with Crippen molar-refractivity contribution in [3.05, 3.63) is 30.1 Å². The zero-order chi connectivity index (χ0) is 11.9. The second-order valence-electron chi connectivity index (χ2n) is 4.60. The van der Waals surface area contributed by atoms with Crippen molar-refractivity contribution in [2.75, 3.05) is 13.1 Å². The maximum atomic E-state index is 8.52. The van der Waals surface area contributed by atoms with Gasteiger partial charge in [0, 0.05) is 24.9 Å². The van der Waals surface area contributed by atoms with E-state index in [4.69, 9.17) is 5.26 Å². The Balaban J connectivity index is 1.87. The monoisotopic (exact) mass is 229 g/mol. The van der Waals surface area contributed by atoms with Crippen molar-refractivity contribution in [1.82, 2.24) is 9.88 Å². The summed E-state index contributed by atoms with van der Waals surface area (Å²) >= 11 is 0. The van der Waals surface area contributed by atoms with Gasteiger partial charge in [-0.05, 0) is 50.4 Å². The fraction of sp³-hybridized carbons (Fsp3) is 0.571. The smallest absolute Gasteiger partial charge is 0.0621 e. The van der Waals surface area contributed by atoms with Crippen LogP contribution in [-0.4, -0.2) is 23.0 Å². The summed E-state index contributed by atoms with van der Waals surface area (Å²) in [4.78, 5) is 6.74. The van der Waals surface area contributed by atoms with Gasteiger partial charge in [0.15, 0.2) is 0 Å². The molecule has 3 nitrogen and oxygen atoms in total. The number of rotatable bonds is 5. The number of unbranched alkanes of at least 4 members (excludes halogenated alkanes) is 2. The second kappa shape index (κ2) is 6.36. The quantitative estimate of drug-likeness (QED) is 0.729. The van der Waals surface area contributed by atoms with E-state index in [9.17, 15) is 0 Å². The second-order valence-corrected chi connectivity index (χ2v) is 4.60. The Morgan fingerprint density at radius 1 is 1.47 bits per heavy atom. The standard InChI is InChI=1S/C14H19N3/c15-8-2-1-3-10-17-11-5-7-14(17)13-6-4-9-16-12-13/h4,6,9,12,14H,1-3,5,7,10-11H2. The summed E-state index contributed by atoms with van der Waals surface area (Å²) in [5, 5.41) is 8.52. The molecule has 1 aliphatic heterocycles. The van der Waals surface area contributed by atoms with Crippen molar-refractivity contribution in [2.24, 2.45) is 0 Å². The molecule has 1 aliphatic rings. The summed E-state index contributed by atoms with van der Waals surface area (Å²) in [6.07, 6.45) is 9.16. The molecule has 0 aliphatic carbocycles. The Hall–Kier alpha value is -1.40. The van der Waals surface area contributed by atoms with Gasteiger partial charge in [-0.25, -0.2) is 0 Å². The fourth-order valence-corrected chi connectivity index (χ4v) is 2.56. The minimum absolute atomic E-state index is 0.547. The first kappa shape index (κ1) is 12.1. The normalized spacial score (nSPS) is 20.3. The largest absolute Gasteiger partial charge is 0.296 e. The van der Waals surface area contributed by atoms with Gasteiger partial charge in [0.05, 0.1) is 6.07 Å².